The molecule has 23 heavy (non-hydrogen) atoms. The molecule has 2 N–H and O–H groups in total. The van der Waals surface area contributed by atoms with Crippen molar-refractivity contribution in [1.82, 2.24) is 4.90 Å². The summed E-state index contributed by atoms with van der Waals surface area (Å²) in [6.07, 6.45) is 5.59. The molecule has 1 aromatic carbocycles. The SMILES string of the molecule is CC(C)[C@H]1CCCN1C(=O)/C=C\c1ccc(OCC(N)=O)cc1. The Morgan fingerprint density at radius 3 is 2.65 bits per heavy atom. The van der Waals surface area contributed by atoms with Crippen LogP contribution in [0.2, 0.25) is 0 Å². The second-order valence-electron chi connectivity index (χ2n) is 6.14. The average Bonchev–Trinajstić information content (AvgIpc) is 3.01. The molecular formula is C18H24N2O3. The predicted molar refractivity (Wildman–Crippen MR) is 89.7 cm³/mol. The van der Waals surface area contributed by atoms with Gasteiger partial charge in [0.1, 0.15) is 5.75 Å². The highest BCUT2D eigenvalue weighted by Crippen LogP contribution is 2.24. The minimum atomic E-state index is -0.509. The van der Waals surface area contributed by atoms with E-state index in [4.69, 9.17) is 10.5 Å². The Morgan fingerprint density at radius 2 is 2.04 bits per heavy atom. The standard InChI is InChI=1S/C18H24N2O3/c1-13(2)16-4-3-11-20(16)18(22)10-7-14-5-8-15(9-6-14)23-12-17(19)21/h5-10,13,16H,3-4,11-12H2,1-2H3,(H2,19,21)/b10-7-/t16-/m1/s1. The second kappa shape index (κ2) is 7.81. The fraction of sp³-hybridized carbons (Fsp3) is 0.444. The van der Waals surface area contributed by atoms with Gasteiger partial charge in [0.25, 0.3) is 5.91 Å². The van der Waals surface area contributed by atoms with E-state index in [0.717, 1.165) is 24.9 Å². The monoisotopic (exact) mass is 316 g/mol. The lowest BCUT2D eigenvalue weighted by atomic mass is 10.0. The molecule has 1 heterocycles. The van der Waals surface area contributed by atoms with E-state index in [9.17, 15) is 9.59 Å². The molecule has 5 heteroatoms. The highest BCUT2D eigenvalue weighted by atomic mass is 16.5. The number of likely N-dealkylation sites (tertiary alicyclic amines) is 1. The first-order valence-corrected chi connectivity index (χ1v) is 7.97. The van der Waals surface area contributed by atoms with E-state index in [1.807, 2.05) is 17.0 Å². The van der Waals surface area contributed by atoms with Gasteiger partial charge in [-0.05, 0) is 42.5 Å². The lowest BCUT2D eigenvalue weighted by molar-refractivity contribution is -0.127. The molecule has 0 saturated carbocycles. The third-order valence-corrected chi connectivity index (χ3v) is 4.03. The van der Waals surface area contributed by atoms with Gasteiger partial charge < -0.3 is 15.4 Å². The molecule has 1 aromatic rings. The van der Waals surface area contributed by atoms with Gasteiger partial charge in [-0.15, -0.1) is 0 Å². The Balaban J connectivity index is 1.94. The van der Waals surface area contributed by atoms with Crippen LogP contribution in [-0.4, -0.2) is 35.9 Å². The summed E-state index contributed by atoms with van der Waals surface area (Å²) in [5.74, 6) is 0.614. The van der Waals surface area contributed by atoms with Crippen molar-refractivity contribution in [3.8, 4) is 5.75 Å². The number of hydrogen-bond donors (Lipinski definition) is 1. The molecule has 1 aliphatic heterocycles. The van der Waals surface area contributed by atoms with Crippen molar-refractivity contribution >= 4 is 17.9 Å². The molecule has 1 atom stereocenters. The summed E-state index contributed by atoms with van der Waals surface area (Å²) in [4.78, 5) is 25.0. The van der Waals surface area contributed by atoms with Gasteiger partial charge in [-0.3, -0.25) is 9.59 Å². The van der Waals surface area contributed by atoms with E-state index < -0.39 is 5.91 Å². The highest BCUT2D eigenvalue weighted by molar-refractivity contribution is 5.92. The van der Waals surface area contributed by atoms with Gasteiger partial charge in [-0.25, -0.2) is 0 Å². The third kappa shape index (κ3) is 4.84. The van der Waals surface area contributed by atoms with Crippen molar-refractivity contribution in [1.29, 1.82) is 0 Å². The minimum absolute atomic E-state index is 0.0651. The van der Waals surface area contributed by atoms with Crippen molar-refractivity contribution in [2.75, 3.05) is 13.2 Å². The van der Waals surface area contributed by atoms with Crippen LogP contribution in [0, 0.1) is 5.92 Å². The maximum atomic E-state index is 12.3. The second-order valence-corrected chi connectivity index (χ2v) is 6.14. The van der Waals surface area contributed by atoms with E-state index in [0.29, 0.717) is 17.7 Å². The third-order valence-electron chi connectivity index (χ3n) is 4.03. The summed E-state index contributed by atoms with van der Waals surface area (Å²) in [6.45, 7) is 5.01. The van der Waals surface area contributed by atoms with Crippen LogP contribution in [0.4, 0.5) is 0 Å². The normalized spacial score (nSPS) is 17.9. The van der Waals surface area contributed by atoms with E-state index in [-0.39, 0.29) is 12.5 Å². The van der Waals surface area contributed by atoms with Crippen LogP contribution in [0.15, 0.2) is 30.3 Å². The molecule has 5 nitrogen and oxygen atoms in total. The van der Waals surface area contributed by atoms with Crippen molar-refractivity contribution in [3.05, 3.63) is 35.9 Å². The molecular weight excluding hydrogens is 292 g/mol. The van der Waals surface area contributed by atoms with Crippen LogP contribution >= 0.6 is 0 Å². The van der Waals surface area contributed by atoms with Crippen molar-refractivity contribution in [2.24, 2.45) is 11.7 Å². The average molecular weight is 316 g/mol. The molecule has 0 bridgehead atoms. The largest absolute Gasteiger partial charge is 0.484 e. The van der Waals surface area contributed by atoms with Gasteiger partial charge in [-0.1, -0.05) is 26.0 Å². The van der Waals surface area contributed by atoms with Crippen LogP contribution in [0.5, 0.6) is 5.75 Å². The maximum absolute atomic E-state index is 12.3. The summed E-state index contributed by atoms with van der Waals surface area (Å²) < 4.78 is 5.20. The van der Waals surface area contributed by atoms with Gasteiger partial charge in [0.05, 0.1) is 0 Å². The number of rotatable bonds is 6. The highest BCUT2D eigenvalue weighted by Gasteiger charge is 2.29. The molecule has 0 unspecified atom stereocenters. The molecule has 0 aromatic heterocycles. The number of carbonyl (C=O) groups excluding carboxylic acids is 2. The minimum Gasteiger partial charge on any atom is -0.484 e. The van der Waals surface area contributed by atoms with E-state index >= 15 is 0 Å². The summed E-state index contributed by atoms with van der Waals surface area (Å²) in [5, 5.41) is 0. The zero-order valence-corrected chi connectivity index (χ0v) is 13.7. The Morgan fingerprint density at radius 1 is 1.35 bits per heavy atom. The molecule has 2 amide bonds. The van der Waals surface area contributed by atoms with E-state index in [1.54, 1.807) is 24.3 Å². The smallest absolute Gasteiger partial charge is 0.255 e. The number of benzene rings is 1. The molecule has 124 valence electrons. The summed E-state index contributed by atoms with van der Waals surface area (Å²) >= 11 is 0. The zero-order chi connectivity index (χ0) is 16.8. The Kier molecular flexibility index (Phi) is 5.79. The Bertz CT molecular complexity index is 578. The Hall–Kier alpha value is -2.30. The van der Waals surface area contributed by atoms with Gasteiger partial charge in [0.15, 0.2) is 6.61 Å². The molecule has 1 aliphatic rings. The molecule has 2 rings (SSSR count). The fourth-order valence-corrected chi connectivity index (χ4v) is 2.85. The van der Waals surface area contributed by atoms with Crippen LogP contribution in [0.1, 0.15) is 32.3 Å². The Labute approximate surface area is 137 Å². The molecule has 0 aliphatic carbocycles. The number of carbonyl (C=O) groups is 2. The predicted octanol–water partition coefficient (Wildman–Crippen LogP) is 2.21. The lowest BCUT2D eigenvalue weighted by Gasteiger charge is -2.26. The van der Waals surface area contributed by atoms with E-state index in [1.165, 1.54) is 0 Å². The van der Waals surface area contributed by atoms with Crippen molar-refractivity contribution < 1.29 is 14.3 Å². The summed E-state index contributed by atoms with van der Waals surface area (Å²) in [5.41, 5.74) is 5.93. The lowest BCUT2D eigenvalue weighted by Crippen LogP contribution is -2.37. The van der Waals surface area contributed by atoms with Crippen molar-refractivity contribution in [2.45, 2.75) is 32.7 Å². The number of primary amides is 1. The van der Waals surface area contributed by atoms with E-state index in [2.05, 4.69) is 13.8 Å². The molecule has 0 radical (unpaired) electrons. The molecule has 0 spiro atoms. The molecule has 1 saturated heterocycles. The first kappa shape index (κ1) is 17.1. The van der Waals surface area contributed by atoms with Crippen LogP contribution in [0.25, 0.3) is 6.08 Å². The van der Waals surface area contributed by atoms with Crippen LogP contribution in [-0.2, 0) is 9.59 Å². The molecule has 1 fully saturated rings. The topological polar surface area (TPSA) is 72.6 Å². The summed E-state index contributed by atoms with van der Waals surface area (Å²) in [7, 11) is 0. The van der Waals surface area contributed by atoms with Crippen LogP contribution < -0.4 is 10.5 Å². The van der Waals surface area contributed by atoms with Crippen LogP contribution in [0.3, 0.4) is 0 Å². The maximum Gasteiger partial charge on any atom is 0.255 e. The number of hydrogen-bond acceptors (Lipinski definition) is 3. The number of nitrogens with zero attached hydrogens (tertiary/aromatic N) is 1. The summed E-state index contributed by atoms with van der Waals surface area (Å²) in [6, 6.07) is 7.52. The first-order valence-electron chi connectivity index (χ1n) is 7.97. The number of ether oxygens (including phenoxy) is 1. The quantitative estimate of drug-likeness (QED) is 0.818. The van der Waals surface area contributed by atoms with Gasteiger partial charge in [0.2, 0.25) is 5.91 Å². The van der Waals surface area contributed by atoms with Crippen molar-refractivity contribution in [3.63, 3.8) is 0 Å². The van der Waals surface area contributed by atoms with Gasteiger partial charge >= 0.3 is 0 Å². The zero-order valence-electron chi connectivity index (χ0n) is 13.7. The fourth-order valence-electron chi connectivity index (χ4n) is 2.85. The first-order chi connectivity index (χ1) is 11.0. The van der Waals surface area contributed by atoms with Gasteiger partial charge in [0, 0.05) is 18.7 Å². The number of nitrogens with two attached hydrogens (primary N) is 1. The van der Waals surface area contributed by atoms with Gasteiger partial charge in [-0.2, -0.15) is 0 Å². The number of amides is 2.